The third-order valence-electron chi connectivity index (χ3n) is 4.71. The van der Waals surface area contributed by atoms with Crippen molar-refractivity contribution in [1.29, 1.82) is 0 Å². The second-order valence-corrected chi connectivity index (χ2v) is 6.87. The first-order chi connectivity index (χ1) is 7.79. The van der Waals surface area contributed by atoms with Gasteiger partial charge in [-0.3, -0.25) is 0 Å². The van der Waals surface area contributed by atoms with E-state index in [1.807, 2.05) is 11.8 Å². The highest BCUT2D eigenvalue weighted by molar-refractivity contribution is 7.99. The van der Waals surface area contributed by atoms with Crippen molar-refractivity contribution in [2.45, 2.75) is 50.2 Å². The van der Waals surface area contributed by atoms with Gasteiger partial charge in [-0.05, 0) is 49.7 Å². The summed E-state index contributed by atoms with van der Waals surface area (Å²) in [5.41, 5.74) is 0.137. The quantitative estimate of drug-likeness (QED) is 0.806. The molecule has 1 saturated carbocycles. The van der Waals surface area contributed by atoms with E-state index >= 15 is 0 Å². The molecule has 0 aromatic rings. The van der Waals surface area contributed by atoms with Crippen molar-refractivity contribution >= 4 is 11.8 Å². The van der Waals surface area contributed by atoms with Crippen molar-refractivity contribution in [2.24, 2.45) is 11.8 Å². The van der Waals surface area contributed by atoms with Crippen molar-refractivity contribution in [1.82, 2.24) is 0 Å². The van der Waals surface area contributed by atoms with Crippen LogP contribution in [0, 0.1) is 11.8 Å². The van der Waals surface area contributed by atoms with E-state index in [9.17, 15) is 5.11 Å². The third-order valence-corrected chi connectivity index (χ3v) is 5.94. The maximum atomic E-state index is 10.4. The molecular formula is C13H22O2S. The first-order valence-electron chi connectivity index (χ1n) is 6.69. The summed E-state index contributed by atoms with van der Waals surface area (Å²) in [7, 11) is 0. The SMILES string of the molecule is OC(C1CCC1)C1CCOC2(CCSC2)C1. The molecule has 0 bridgehead atoms. The maximum Gasteiger partial charge on any atom is 0.0783 e. The third kappa shape index (κ3) is 2.02. The molecule has 2 nitrogen and oxygen atoms in total. The Labute approximate surface area is 102 Å². The minimum Gasteiger partial charge on any atom is -0.393 e. The van der Waals surface area contributed by atoms with E-state index in [1.165, 1.54) is 31.4 Å². The summed E-state index contributed by atoms with van der Waals surface area (Å²) in [6.07, 6.45) is 7.17. The summed E-state index contributed by atoms with van der Waals surface area (Å²) >= 11 is 2.01. The Morgan fingerprint density at radius 2 is 2.12 bits per heavy atom. The molecule has 3 heteroatoms. The van der Waals surface area contributed by atoms with E-state index < -0.39 is 0 Å². The Kier molecular flexibility index (Phi) is 3.20. The van der Waals surface area contributed by atoms with Crippen LogP contribution in [0.2, 0.25) is 0 Å². The van der Waals surface area contributed by atoms with E-state index in [2.05, 4.69) is 0 Å². The number of hydrogen-bond acceptors (Lipinski definition) is 3. The molecule has 3 unspecified atom stereocenters. The number of ether oxygens (including phenoxy) is 1. The molecule has 3 rings (SSSR count). The zero-order valence-electron chi connectivity index (χ0n) is 9.86. The molecule has 2 heterocycles. The van der Waals surface area contributed by atoms with Crippen LogP contribution >= 0.6 is 11.8 Å². The van der Waals surface area contributed by atoms with Gasteiger partial charge in [0.25, 0.3) is 0 Å². The highest BCUT2D eigenvalue weighted by Crippen LogP contribution is 2.44. The van der Waals surface area contributed by atoms with Crippen molar-refractivity contribution in [2.75, 3.05) is 18.1 Å². The normalized spacial score (nSPS) is 42.2. The minimum absolute atomic E-state index is 0.0416. The van der Waals surface area contributed by atoms with Gasteiger partial charge >= 0.3 is 0 Å². The monoisotopic (exact) mass is 242 g/mol. The predicted octanol–water partition coefficient (Wildman–Crippen LogP) is 2.45. The van der Waals surface area contributed by atoms with Gasteiger partial charge in [-0.1, -0.05) is 6.42 Å². The number of aliphatic hydroxyl groups is 1. The van der Waals surface area contributed by atoms with Crippen LogP contribution in [0.5, 0.6) is 0 Å². The average Bonchev–Trinajstić information content (AvgIpc) is 2.64. The summed E-state index contributed by atoms with van der Waals surface area (Å²) in [4.78, 5) is 0. The maximum absolute atomic E-state index is 10.4. The van der Waals surface area contributed by atoms with Gasteiger partial charge < -0.3 is 9.84 Å². The lowest BCUT2D eigenvalue weighted by Crippen LogP contribution is -2.45. The zero-order chi connectivity index (χ0) is 11.0. The summed E-state index contributed by atoms with van der Waals surface area (Å²) in [6.45, 7) is 0.870. The average molecular weight is 242 g/mol. The van der Waals surface area contributed by atoms with E-state index in [1.54, 1.807) is 0 Å². The lowest BCUT2D eigenvalue weighted by atomic mass is 9.72. The summed E-state index contributed by atoms with van der Waals surface area (Å²) in [6, 6.07) is 0. The molecule has 1 N–H and O–H groups in total. The van der Waals surface area contributed by atoms with E-state index in [0.29, 0.717) is 11.8 Å². The van der Waals surface area contributed by atoms with Crippen LogP contribution in [0.15, 0.2) is 0 Å². The Morgan fingerprint density at radius 1 is 1.25 bits per heavy atom. The summed E-state index contributed by atoms with van der Waals surface area (Å²) in [5.74, 6) is 3.51. The summed E-state index contributed by atoms with van der Waals surface area (Å²) in [5, 5.41) is 10.4. The van der Waals surface area contributed by atoms with Crippen LogP contribution in [0.4, 0.5) is 0 Å². The predicted molar refractivity (Wildman–Crippen MR) is 66.7 cm³/mol. The first kappa shape index (κ1) is 11.4. The van der Waals surface area contributed by atoms with Crippen LogP contribution in [-0.2, 0) is 4.74 Å². The number of thioether (sulfide) groups is 1. The molecule has 92 valence electrons. The largest absolute Gasteiger partial charge is 0.393 e. The van der Waals surface area contributed by atoms with Crippen LogP contribution < -0.4 is 0 Å². The Balaban J connectivity index is 1.62. The highest BCUT2D eigenvalue weighted by Gasteiger charge is 2.44. The lowest BCUT2D eigenvalue weighted by molar-refractivity contribution is -0.114. The van der Waals surface area contributed by atoms with Crippen LogP contribution in [0.1, 0.15) is 38.5 Å². The van der Waals surface area contributed by atoms with Crippen molar-refractivity contribution < 1.29 is 9.84 Å². The Morgan fingerprint density at radius 3 is 2.75 bits per heavy atom. The lowest BCUT2D eigenvalue weighted by Gasteiger charge is -2.43. The van der Waals surface area contributed by atoms with E-state index in [4.69, 9.17) is 4.74 Å². The second-order valence-electron chi connectivity index (χ2n) is 5.77. The molecule has 0 radical (unpaired) electrons. The fraction of sp³-hybridized carbons (Fsp3) is 1.00. The van der Waals surface area contributed by atoms with Gasteiger partial charge in [0, 0.05) is 12.4 Å². The van der Waals surface area contributed by atoms with Crippen molar-refractivity contribution in [3.8, 4) is 0 Å². The van der Waals surface area contributed by atoms with Gasteiger partial charge in [-0.15, -0.1) is 0 Å². The van der Waals surface area contributed by atoms with Crippen LogP contribution in [-0.4, -0.2) is 34.9 Å². The van der Waals surface area contributed by atoms with Gasteiger partial charge in [0.15, 0.2) is 0 Å². The first-order valence-corrected chi connectivity index (χ1v) is 7.84. The number of aliphatic hydroxyl groups excluding tert-OH is 1. The zero-order valence-corrected chi connectivity index (χ0v) is 10.7. The topological polar surface area (TPSA) is 29.5 Å². The van der Waals surface area contributed by atoms with Gasteiger partial charge in [-0.2, -0.15) is 11.8 Å². The molecular weight excluding hydrogens is 220 g/mol. The highest BCUT2D eigenvalue weighted by atomic mass is 32.2. The molecule has 0 amide bonds. The molecule has 1 aliphatic carbocycles. The smallest absolute Gasteiger partial charge is 0.0783 e. The summed E-state index contributed by atoms with van der Waals surface area (Å²) < 4.78 is 6.01. The number of rotatable bonds is 2. The fourth-order valence-corrected chi connectivity index (χ4v) is 4.76. The van der Waals surface area contributed by atoms with Crippen molar-refractivity contribution in [3.05, 3.63) is 0 Å². The molecule has 3 fully saturated rings. The molecule has 2 saturated heterocycles. The standard InChI is InChI=1S/C13H22O2S/c14-12(10-2-1-3-10)11-4-6-15-13(8-11)5-7-16-9-13/h10-12,14H,1-9H2. The van der Waals surface area contributed by atoms with Crippen LogP contribution in [0.25, 0.3) is 0 Å². The Hall–Kier alpha value is 0.270. The minimum atomic E-state index is -0.0416. The van der Waals surface area contributed by atoms with Gasteiger partial charge in [0.05, 0.1) is 11.7 Å². The van der Waals surface area contributed by atoms with Crippen LogP contribution in [0.3, 0.4) is 0 Å². The second kappa shape index (κ2) is 4.51. The van der Waals surface area contributed by atoms with E-state index in [-0.39, 0.29) is 11.7 Å². The molecule has 3 aliphatic rings. The molecule has 3 atom stereocenters. The number of hydrogen-bond donors (Lipinski definition) is 1. The van der Waals surface area contributed by atoms with Crippen molar-refractivity contribution in [3.63, 3.8) is 0 Å². The Bertz CT molecular complexity index is 246. The molecule has 2 aliphatic heterocycles. The molecule has 1 spiro atoms. The van der Waals surface area contributed by atoms with Gasteiger partial charge in [-0.25, -0.2) is 0 Å². The molecule has 16 heavy (non-hydrogen) atoms. The van der Waals surface area contributed by atoms with Gasteiger partial charge in [0.2, 0.25) is 0 Å². The van der Waals surface area contributed by atoms with E-state index in [0.717, 1.165) is 25.2 Å². The molecule has 0 aromatic carbocycles. The fourth-order valence-electron chi connectivity index (χ4n) is 3.39. The van der Waals surface area contributed by atoms with Gasteiger partial charge in [0.1, 0.15) is 0 Å². The molecule has 0 aromatic heterocycles.